The highest BCUT2D eigenvalue weighted by molar-refractivity contribution is 4.69. The Bertz CT molecular complexity index is 238. The van der Waals surface area contributed by atoms with E-state index in [0.29, 0.717) is 12.0 Å². The molecule has 0 rings (SSSR count). The second-order valence-corrected chi connectivity index (χ2v) is 8.52. The van der Waals surface area contributed by atoms with Gasteiger partial charge in [0, 0.05) is 6.04 Å². The van der Waals surface area contributed by atoms with Gasteiger partial charge in [0.2, 0.25) is 0 Å². The predicted octanol–water partition coefficient (Wildman–Crippen LogP) is 8.40. The van der Waals surface area contributed by atoms with E-state index in [1.54, 1.807) is 0 Å². The van der Waals surface area contributed by atoms with Crippen molar-refractivity contribution in [1.82, 2.24) is 0 Å². The van der Waals surface area contributed by atoms with Crippen LogP contribution < -0.4 is 5.73 Å². The van der Waals surface area contributed by atoms with Gasteiger partial charge < -0.3 is 5.73 Å². The standard InChI is InChI=1S/C24H51N/c1-4-6-8-9-10-11-12-13-14-15-16-17-18-19-20-22-24(25)23(3)21-7-5-2/h23-24H,4-22,25H2,1-3H3. The van der Waals surface area contributed by atoms with Crippen molar-refractivity contribution in [3.05, 3.63) is 0 Å². The highest BCUT2D eigenvalue weighted by atomic mass is 14.6. The highest BCUT2D eigenvalue weighted by Gasteiger charge is 2.11. The Kier molecular flexibility index (Phi) is 20.2. The van der Waals surface area contributed by atoms with Crippen LogP contribution in [0.15, 0.2) is 0 Å². The summed E-state index contributed by atoms with van der Waals surface area (Å²) in [5, 5.41) is 0. The number of hydrogen-bond acceptors (Lipinski definition) is 1. The molecule has 0 saturated carbocycles. The highest BCUT2D eigenvalue weighted by Crippen LogP contribution is 2.17. The van der Waals surface area contributed by atoms with Gasteiger partial charge in [-0.1, -0.05) is 130 Å². The maximum Gasteiger partial charge on any atom is 0.00645 e. The Hall–Kier alpha value is -0.0400. The lowest BCUT2D eigenvalue weighted by Crippen LogP contribution is -2.28. The van der Waals surface area contributed by atoms with E-state index >= 15 is 0 Å². The molecule has 2 unspecified atom stereocenters. The van der Waals surface area contributed by atoms with Crippen molar-refractivity contribution < 1.29 is 0 Å². The quantitative estimate of drug-likeness (QED) is 0.218. The van der Waals surface area contributed by atoms with Crippen LogP contribution in [0.25, 0.3) is 0 Å². The first-order valence-corrected chi connectivity index (χ1v) is 12.0. The Balaban J connectivity index is 3.16. The maximum absolute atomic E-state index is 6.31. The zero-order valence-corrected chi connectivity index (χ0v) is 18.2. The number of hydrogen-bond donors (Lipinski definition) is 1. The van der Waals surface area contributed by atoms with E-state index < -0.39 is 0 Å². The molecule has 0 fully saturated rings. The van der Waals surface area contributed by atoms with Crippen molar-refractivity contribution in [2.24, 2.45) is 11.7 Å². The largest absolute Gasteiger partial charge is 0.327 e. The van der Waals surface area contributed by atoms with Gasteiger partial charge in [-0.25, -0.2) is 0 Å². The lowest BCUT2D eigenvalue weighted by atomic mass is 9.92. The molecule has 0 heterocycles. The minimum absolute atomic E-state index is 0.438. The normalized spacial score (nSPS) is 13.9. The first-order chi connectivity index (χ1) is 12.2. The molecule has 0 aromatic carbocycles. The fourth-order valence-electron chi connectivity index (χ4n) is 3.78. The summed E-state index contributed by atoms with van der Waals surface area (Å²) in [7, 11) is 0. The van der Waals surface area contributed by atoms with Gasteiger partial charge in [-0.05, 0) is 18.8 Å². The summed E-state index contributed by atoms with van der Waals surface area (Å²) in [6, 6.07) is 0.438. The monoisotopic (exact) mass is 353 g/mol. The average Bonchev–Trinajstić information content (AvgIpc) is 2.62. The van der Waals surface area contributed by atoms with E-state index in [9.17, 15) is 0 Å². The van der Waals surface area contributed by atoms with Crippen LogP contribution in [0.5, 0.6) is 0 Å². The van der Waals surface area contributed by atoms with Crippen molar-refractivity contribution in [3.8, 4) is 0 Å². The average molecular weight is 354 g/mol. The molecule has 0 aliphatic rings. The molecule has 152 valence electrons. The molecular weight excluding hydrogens is 302 g/mol. The van der Waals surface area contributed by atoms with Crippen LogP contribution in [0.3, 0.4) is 0 Å². The first-order valence-electron chi connectivity index (χ1n) is 12.0. The summed E-state index contributed by atoms with van der Waals surface area (Å²) < 4.78 is 0. The van der Waals surface area contributed by atoms with Crippen molar-refractivity contribution in [1.29, 1.82) is 0 Å². The van der Waals surface area contributed by atoms with Gasteiger partial charge in [-0.15, -0.1) is 0 Å². The molecule has 25 heavy (non-hydrogen) atoms. The van der Waals surface area contributed by atoms with Gasteiger partial charge in [0.25, 0.3) is 0 Å². The molecule has 0 aliphatic heterocycles. The third-order valence-electron chi connectivity index (χ3n) is 5.88. The molecular formula is C24H51N. The summed E-state index contributed by atoms with van der Waals surface area (Å²) in [6.07, 6.45) is 26.8. The second-order valence-electron chi connectivity index (χ2n) is 8.52. The lowest BCUT2D eigenvalue weighted by molar-refractivity contribution is 0.382. The zero-order valence-electron chi connectivity index (χ0n) is 18.2. The van der Waals surface area contributed by atoms with Gasteiger partial charge in [0.15, 0.2) is 0 Å². The molecule has 0 radical (unpaired) electrons. The Morgan fingerprint density at radius 3 is 1.24 bits per heavy atom. The summed E-state index contributed by atoms with van der Waals surface area (Å²) in [5.74, 6) is 0.714. The van der Waals surface area contributed by atoms with Gasteiger partial charge in [0.05, 0.1) is 0 Å². The van der Waals surface area contributed by atoms with Crippen molar-refractivity contribution in [2.75, 3.05) is 0 Å². The fraction of sp³-hybridized carbons (Fsp3) is 1.00. The van der Waals surface area contributed by atoms with Crippen LogP contribution in [0, 0.1) is 5.92 Å². The maximum atomic E-state index is 6.31. The third kappa shape index (κ3) is 18.5. The van der Waals surface area contributed by atoms with Gasteiger partial charge in [-0.2, -0.15) is 0 Å². The molecule has 2 atom stereocenters. The molecule has 0 aromatic heterocycles. The van der Waals surface area contributed by atoms with Crippen molar-refractivity contribution in [2.45, 2.75) is 149 Å². The number of unbranched alkanes of at least 4 members (excludes halogenated alkanes) is 15. The molecule has 0 spiro atoms. The topological polar surface area (TPSA) is 26.0 Å². The van der Waals surface area contributed by atoms with E-state index in [0.717, 1.165) is 0 Å². The van der Waals surface area contributed by atoms with Crippen LogP contribution in [-0.2, 0) is 0 Å². The molecule has 2 N–H and O–H groups in total. The van der Waals surface area contributed by atoms with Crippen LogP contribution in [0.2, 0.25) is 0 Å². The smallest absolute Gasteiger partial charge is 0.00645 e. The molecule has 1 heteroatoms. The molecule has 0 bridgehead atoms. The lowest BCUT2D eigenvalue weighted by Gasteiger charge is -2.19. The number of nitrogens with two attached hydrogens (primary N) is 1. The fourth-order valence-corrected chi connectivity index (χ4v) is 3.78. The van der Waals surface area contributed by atoms with E-state index in [1.165, 1.54) is 122 Å². The van der Waals surface area contributed by atoms with Crippen LogP contribution >= 0.6 is 0 Å². The first kappa shape index (κ1) is 25.0. The SMILES string of the molecule is CCCCCCCCCCCCCCCCCC(N)C(C)CCCC. The van der Waals surface area contributed by atoms with Crippen LogP contribution in [-0.4, -0.2) is 6.04 Å². The van der Waals surface area contributed by atoms with Crippen LogP contribution in [0.1, 0.15) is 143 Å². The van der Waals surface area contributed by atoms with Crippen molar-refractivity contribution >= 4 is 0 Å². The Morgan fingerprint density at radius 2 is 0.840 bits per heavy atom. The molecule has 1 nitrogen and oxygen atoms in total. The minimum atomic E-state index is 0.438. The summed E-state index contributed by atoms with van der Waals surface area (Å²) >= 11 is 0. The van der Waals surface area contributed by atoms with Gasteiger partial charge >= 0.3 is 0 Å². The predicted molar refractivity (Wildman–Crippen MR) is 116 cm³/mol. The third-order valence-corrected chi connectivity index (χ3v) is 5.88. The van der Waals surface area contributed by atoms with E-state index in [4.69, 9.17) is 5.73 Å². The molecule has 0 aliphatic carbocycles. The Labute approximate surface area is 160 Å². The van der Waals surface area contributed by atoms with E-state index in [2.05, 4.69) is 20.8 Å². The minimum Gasteiger partial charge on any atom is -0.327 e. The Morgan fingerprint density at radius 1 is 0.480 bits per heavy atom. The van der Waals surface area contributed by atoms with Gasteiger partial charge in [-0.3, -0.25) is 0 Å². The van der Waals surface area contributed by atoms with E-state index in [-0.39, 0.29) is 0 Å². The van der Waals surface area contributed by atoms with Crippen LogP contribution in [0.4, 0.5) is 0 Å². The molecule has 0 amide bonds. The summed E-state index contributed by atoms with van der Waals surface area (Å²) in [4.78, 5) is 0. The van der Waals surface area contributed by atoms with E-state index in [1.807, 2.05) is 0 Å². The zero-order chi connectivity index (χ0) is 18.6. The number of rotatable bonds is 20. The molecule has 0 aromatic rings. The van der Waals surface area contributed by atoms with Gasteiger partial charge in [0.1, 0.15) is 0 Å². The summed E-state index contributed by atoms with van der Waals surface area (Å²) in [5.41, 5.74) is 6.31. The second kappa shape index (κ2) is 20.3. The van der Waals surface area contributed by atoms with Crippen molar-refractivity contribution in [3.63, 3.8) is 0 Å². The summed E-state index contributed by atoms with van der Waals surface area (Å²) in [6.45, 7) is 6.91. The molecule has 0 saturated heterocycles.